The average Bonchev–Trinajstić information content (AvgIpc) is 2.81. The van der Waals surface area contributed by atoms with Crippen LogP contribution in [0.15, 0.2) is 72.8 Å². The van der Waals surface area contributed by atoms with E-state index in [2.05, 4.69) is 53.7 Å². The lowest BCUT2D eigenvalue weighted by Crippen LogP contribution is -2.47. The van der Waals surface area contributed by atoms with Crippen LogP contribution in [-0.2, 0) is 21.2 Å². The van der Waals surface area contributed by atoms with Crippen LogP contribution in [0.5, 0.6) is 17.2 Å². The lowest BCUT2D eigenvalue weighted by Gasteiger charge is -2.32. The Balaban J connectivity index is 1.58. The highest BCUT2D eigenvalue weighted by Crippen LogP contribution is 2.31. The minimum Gasteiger partial charge on any atom is -0.545 e. The minimum absolute atomic E-state index is 0.00601. The number of carboxylic acid groups (broad SMARTS) is 1. The Hall–Kier alpha value is -3.47. The summed E-state index contributed by atoms with van der Waals surface area (Å²) in [6.45, 7) is 15.1. The quantitative estimate of drug-likeness (QED) is 0.356. The Bertz CT molecular complexity index is 1130. The van der Waals surface area contributed by atoms with E-state index in [9.17, 15) is 9.90 Å². The zero-order chi connectivity index (χ0) is 26.6. The van der Waals surface area contributed by atoms with Gasteiger partial charge in [0.25, 0.3) is 0 Å². The number of carbonyl (C=O) groups is 1. The normalized spacial score (nSPS) is 13.5. The molecule has 0 bridgehead atoms. The summed E-state index contributed by atoms with van der Waals surface area (Å²) in [7, 11) is 0. The zero-order valence-electron chi connectivity index (χ0n) is 22.4. The SMILES string of the molecule is CC(C)(C)c1ccc(OCCOc2ccc(C(C)(Oc3ccc(C(C)(C)C)cc3)C(=O)[O-])cc2)cc1. The molecule has 0 saturated carbocycles. The van der Waals surface area contributed by atoms with E-state index in [1.807, 2.05) is 24.3 Å². The predicted molar refractivity (Wildman–Crippen MR) is 141 cm³/mol. The number of aliphatic carboxylic acids is 1. The molecule has 0 spiro atoms. The van der Waals surface area contributed by atoms with E-state index in [-0.39, 0.29) is 10.8 Å². The second-order valence-corrected chi connectivity index (χ2v) is 11.2. The summed E-state index contributed by atoms with van der Waals surface area (Å²) in [6, 6.07) is 22.4. The smallest absolute Gasteiger partial charge is 0.170 e. The Morgan fingerprint density at radius 2 is 0.917 bits per heavy atom. The highest BCUT2D eigenvalue weighted by Gasteiger charge is 2.31. The van der Waals surface area contributed by atoms with Crippen LogP contribution in [-0.4, -0.2) is 19.2 Å². The van der Waals surface area contributed by atoms with Crippen molar-refractivity contribution in [2.45, 2.75) is 64.9 Å². The predicted octanol–water partition coefficient (Wildman–Crippen LogP) is 5.78. The summed E-state index contributed by atoms with van der Waals surface area (Å²) in [4.78, 5) is 12.1. The van der Waals surface area contributed by atoms with Crippen LogP contribution in [0.1, 0.15) is 65.2 Å². The molecule has 0 fully saturated rings. The van der Waals surface area contributed by atoms with Gasteiger partial charge in [0.05, 0.1) is 5.97 Å². The molecule has 0 radical (unpaired) electrons. The third kappa shape index (κ3) is 6.81. The first-order valence-electron chi connectivity index (χ1n) is 12.3. The lowest BCUT2D eigenvalue weighted by molar-refractivity contribution is -0.322. The summed E-state index contributed by atoms with van der Waals surface area (Å²) in [5, 5.41) is 12.1. The van der Waals surface area contributed by atoms with Crippen molar-refractivity contribution in [3.8, 4) is 17.2 Å². The topological polar surface area (TPSA) is 67.8 Å². The van der Waals surface area contributed by atoms with Gasteiger partial charge in [-0.25, -0.2) is 0 Å². The molecule has 5 heteroatoms. The van der Waals surface area contributed by atoms with E-state index < -0.39 is 11.6 Å². The van der Waals surface area contributed by atoms with E-state index >= 15 is 0 Å². The van der Waals surface area contributed by atoms with E-state index in [0.29, 0.717) is 30.3 Å². The third-order valence-electron chi connectivity index (χ3n) is 6.18. The molecule has 3 aromatic rings. The van der Waals surface area contributed by atoms with E-state index in [4.69, 9.17) is 14.2 Å². The molecule has 0 heterocycles. The summed E-state index contributed by atoms with van der Waals surface area (Å²) in [6.07, 6.45) is 0. The largest absolute Gasteiger partial charge is 0.545 e. The Morgan fingerprint density at radius 1 is 0.583 bits per heavy atom. The van der Waals surface area contributed by atoms with Crippen molar-refractivity contribution in [3.63, 3.8) is 0 Å². The van der Waals surface area contributed by atoms with Crippen molar-refractivity contribution < 1.29 is 24.1 Å². The summed E-state index contributed by atoms with van der Waals surface area (Å²) in [5.41, 5.74) is 1.29. The van der Waals surface area contributed by atoms with Gasteiger partial charge in [0.1, 0.15) is 30.5 Å². The van der Waals surface area contributed by atoms with Crippen LogP contribution in [0.2, 0.25) is 0 Å². The number of carbonyl (C=O) groups excluding carboxylic acids is 1. The van der Waals surface area contributed by atoms with Crippen molar-refractivity contribution in [3.05, 3.63) is 89.5 Å². The fourth-order valence-corrected chi connectivity index (χ4v) is 3.72. The van der Waals surface area contributed by atoms with Gasteiger partial charge in [0, 0.05) is 5.56 Å². The fourth-order valence-electron chi connectivity index (χ4n) is 3.72. The first kappa shape index (κ1) is 27.1. The lowest BCUT2D eigenvalue weighted by atomic mass is 9.87. The van der Waals surface area contributed by atoms with Crippen LogP contribution in [0.4, 0.5) is 0 Å². The highest BCUT2D eigenvalue weighted by molar-refractivity contribution is 5.77. The van der Waals surface area contributed by atoms with Crippen LogP contribution >= 0.6 is 0 Å². The third-order valence-corrected chi connectivity index (χ3v) is 6.18. The van der Waals surface area contributed by atoms with Gasteiger partial charge >= 0.3 is 0 Å². The maximum atomic E-state index is 12.1. The molecule has 0 aliphatic heterocycles. The number of hydrogen-bond donors (Lipinski definition) is 0. The van der Waals surface area contributed by atoms with Gasteiger partial charge in [-0.05, 0) is 65.3 Å². The number of benzene rings is 3. The Labute approximate surface area is 215 Å². The Morgan fingerprint density at radius 3 is 1.25 bits per heavy atom. The molecule has 36 heavy (non-hydrogen) atoms. The van der Waals surface area contributed by atoms with Crippen LogP contribution in [0.25, 0.3) is 0 Å². The van der Waals surface area contributed by atoms with Crippen molar-refractivity contribution >= 4 is 5.97 Å². The molecule has 1 atom stereocenters. The molecule has 0 N–H and O–H groups in total. The molecule has 0 aliphatic rings. The van der Waals surface area contributed by atoms with Crippen molar-refractivity contribution in [1.82, 2.24) is 0 Å². The van der Waals surface area contributed by atoms with Gasteiger partial charge < -0.3 is 24.1 Å². The van der Waals surface area contributed by atoms with Gasteiger partial charge in [-0.3, -0.25) is 0 Å². The first-order chi connectivity index (χ1) is 16.8. The number of carboxylic acids is 1. The first-order valence-corrected chi connectivity index (χ1v) is 12.3. The van der Waals surface area contributed by atoms with E-state index in [1.165, 1.54) is 12.5 Å². The van der Waals surface area contributed by atoms with Crippen molar-refractivity contribution in [2.24, 2.45) is 0 Å². The number of rotatable bonds is 9. The molecule has 0 aromatic heterocycles. The molecule has 3 aromatic carbocycles. The van der Waals surface area contributed by atoms with Gasteiger partial charge in [-0.1, -0.05) is 77.9 Å². The molecule has 3 rings (SSSR count). The fraction of sp³-hybridized carbons (Fsp3) is 0.387. The van der Waals surface area contributed by atoms with Gasteiger partial charge in [0.15, 0.2) is 5.60 Å². The standard InChI is InChI=1S/C31H38O5/c1-29(2,3)22-8-14-25(15-9-22)34-20-21-35-26-16-12-24(13-17-26)31(7,28(32)33)36-27-18-10-23(11-19-27)30(4,5)6/h8-19H,20-21H2,1-7H3,(H,32,33)/p-1. The molecular weight excluding hydrogens is 452 g/mol. The minimum atomic E-state index is -1.65. The maximum Gasteiger partial charge on any atom is 0.170 e. The van der Waals surface area contributed by atoms with Crippen molar-refractivity contribution in [1.29, 1.82) is 0 Å². The Kier molecular flexibility index (Phi) is 8.02. The number of hydrogen-bond acceptors (Lipinski definition) is 5. The summed E-state index contributed by atoms with van der Waals surface area (Å²) in [5.74, 6) is 0.546. The molecular formula is C31H37O5-. The molecule has 192 valence electrons. The zero-order valence-corrected chi connectivity index (χ0v) is 22.4. The second-order valence-electron chi connectivity index (χ2n) is 11.2. The summed E-state index contributed by atoms with van der Waals surface area (Å²) < 4.78 is 17.4. The van der Waals surface area contributed by atoms with Crippen LogP contribution in [0.3, 0.4) is 0 Å². The van der Waals surface area contributed by atoms with E-state index in [0.717, 1.165) is 11.3 Å². The van der Waals surface area contributed by atoms with Gasteiger partial charge in [-0.2, -0.15) is 0 Å². The van der Waals surface area contributed by atoms with Crippen molar-refractivity contribution in [2.75, 3.05) is 13.2 Å². The van der Waals surface area contributed by atoms with E-state index in [1.54, 1.807) is 36.4 Å². The molecule has 0 aliphatic carbocycles. The molecule has 5 nitrogen and oxygen atoms in total. The molecule has 1 unspecified atom stereocenters. The molecule has 0 saturated heterocycles. The second kappa shape index (κ2) is 10.7. The summed E-state index contributed by atoms with van der Waals surface area (Å²) >= 11 is 0. The maximum absolute atomic E-state index is 12.1. The van der Waals surface area contributed by atoms with Crippen LogP contribution < -0.4 is 19.3 Å². The monoisotopic (exact) mass is 489 g/mol. The van der Waals surface area contributed by atoms with Gasteiger partial charge in [-0.15, -0.1) is 0 Å². The van der Waals surface area contributed by atoms with Crippen LogP contribution in [0, 0.1) is 0 Å². The molecule has 0 amide bonds. The highest BCUT2D eigenvalue weighted by atomic mass is 16.5. The number of ether oxygens (including phenoxy) is 3. The van der Waals surface area contributed by atoms with Gasteiger partial charge in [0.2, 0.25) is 0 Å². The average molecular weight is 490 g/mol.